The van der Waals surface area contributed by atoms with Crippen molar-refractivity contribution in [3.8, 4) is 0 Å². The highest BCUT2D eigenvalue weighted by Crippen LogP contribution is 2.13. The van der Waals surface area contributed by atoms with Crippen molar-refractivity contribution in [1.82, 2.24) is 20.2 Å². The fraction of sp³-hybridized carbons (Fsp3) is 0.211. The summed E-state index contributed by atoms with van der Waals surface area (Å²) < 4.78 is 0. The monoisotopic (exact) mass is 336 g/mol. The molecule has 2 N–H and O–H groups in total. The Morgan fingerprint density at radius 3 is 2.60 bits per heavy atom. The van der Waals surface area contributed by atoms with Gasteiger partial charge >= 0.3 is 0 Å². The van der Waals surface area contributed by atoms with Gasteiger partial charge in [-0.05, 0) is 23.8 Å². The van der Waals surface area contributed by atoms with E-state index >= 15 is 0 Å². The zero-order valence-electron chi connectivity index (χ0n) is 14.2. The van der Waals surface area contributed by atoms with Crippen LogP contribution in [0.3, 0.4) is 0 Å². The highest BCUT2D eigenvalue weighted by atomic mass is 16.2. The van der Waals surface area contributed by atoms with E-state index in [4.69, 9.17) is 0 Å². The summed E-state index contributed by atoms with van der Waals surface area (Å²) in [5.41, 5.74) is 2.87. The maximum absolute atomic E-state index is 12.6. The molecule has 0 aliphatic rings. The van der Waals surface area contributed by atoms with E-state index in [0.717, 1.165) is 11.1 Å². The molecule has 0 bridgehead atoms. The summed E-state index contributed by atoms with van der Waals surface area (Å²) >= 11 is 0. The molecule has 2 amide bonds. The Morgan fingerprint density at radius 2 is 1.92 bits per heavy atom. The number of nitrogens with one attached hydrogen (secondary N) is 2. The lowest BCUT2D eigenvalue weighted by Gasteiger charge is -2.21. The molecule has 0 aliphatic heterocycles. The van der Waals surface area contributed by atoms with E-state index in [0.29, 0.717) is 17.6 Å². The third-order valence-electron chi connectivity index (χ3n) is 3.96. The van der Waals surface area contributed by atoms with Crippen LogP contribution in [-0.4, -0.2) is 46.8 Å². The second-order valence-corrected chi connectivity index (χ2v) is 6.07. The summed E-state index contributed by atoms with van der Waals surface area (Å²) in [4.78, 5) is 33.8. The minimum Gasteiger partial charge on any atom is -0.349 e. The van der Waals surface area contributed by atoms with Crippen molar-refractivity contribution in [3.63, 3.8) is 0 Å². The molecule has 128 valence electrons. The lowest BCUT2D eigenvalue weighted by Crippen LogP contribution is -2.47. The largest absolute Gasteiger partial charge is 0.349 e. The topological polar surface area (TPSA) is 78.1 Å². The fourth-order valence-electron chi connectivity index (χ4n) is 2.68. The number of aromatic nitrogens is 2. The lowest BCUT2D eigenvalue weighted by molar-refractivity contribution is -0.130. The van der Waals surface area contributed by atoms with E-state index in [9.17, 15) is 9.59 Å². The molecule has 2 heterocycles. The Morgan fingerprint density at radius 1 is 1.16 bits per heavy atom. The number of carbonyl (C=O) groups excluding carboxylic acids is 2. The number of carbonyl (C=O) groups is 2. The predicted molar refractivity (Wildman–Crippen MR) is 96.2 cm³/mol. The number of aromatic amines is 1. The van der Waals surface area contributed by atoms with Gasteiger partial charge in [0.15, 0.2) is 0 Å². The van der Waals surface area contributed by atoms with Gasteiger partial charge in [0.2, 0.25) is 5.91 Å². The first-order valence-electron chi connectivity index (χ1n) is 8.04. The molecule has 6 heteroatoms. The van der Waals surface area contributed by atoms with Crippen LogP contribution in [0.5, 0.6) is 0 Å². The van der Waals surface area contributed by atoms with Gasteiger partial charge in [0.1, 0.15) is 11.7 Å². The molecule has 1 unspecified atom stereocenters. The highest BCUT2D eigenvalue weighted by molar-refractivity contribution is 5.99. The minimum absolute atomic E-state index is 0.147. The predicted octanol–water partition coefficient (Wildman–Crippen LogP) is 1.99. The number of pyridine rings is 1. The average molecular weight is 336 g/mol. The molecule has 2 aromatic heterocycles. The molecule has 0 radical (unpaired) electrons. The maximum Gasteiger partial charge on any atom is 0.268 e. The molecule has 25 heavy (non-hydrogen) atoms. The Kier molecular flexibility index (Phi) is 4.79. The minimum atomic E-state index is -0.635. The van der Waals surface area contributed by atoms with E-state index < -0.39 is 6.04 Å². The van der Waals surface area contributed by atoms with Crippen LogP contribution in [0.1, 0.15) is 16.1 Å². The number of benzene rings is 1. The molecular weight excluding hydrogens is 316 g/mol. The van der Waals surface area contributed by atoms with Gasteiger partial charge in [-0.2, -0.15) is 0 Å². The van der Waals surface area contributed by atoms with Gasteiger partial charge in [-0.15, -0.1) is 0 Å². The van der Waals surface area contributed by atoms with Gasteiger partial charge in [0.25, 0.3) is 5.91 Å². The van der Waals surface area contributed by atoms with E-state index in [1.54, 1.807) is 32.4 Å². The van der Waals surface area contributed by atoms with E-state index in [-0.39, 0.29) is 11.8 Å². The number of fused-ring (bicyclic) bond motifs is 1. The Balaban J connectivity index is 1.81. The van der Waals surface area contributed by atoms with Crippen LogP contribution in [-0.2, 0) is 11.2 Å². The van der Waals surface area contributed by atoms with Crippen molar-refractivity contribution in [2.24, 2.45) is 0 Å². The van der Waals surface area contributed by atoms with Crippen LogP contribution in [0.15, 0.2) is 54.7 Å². The van der Waals surface area contributed by atoms with Crippen LogP contribution in [0.2, 0.25) is 0 Å². The number of amides is 2. The zero-order valence-corrected chi connectivity index (χ0v) is 14.2. The second-order valence-electron chi connectivity index (χ2n) is 6.07. The van der Waals surface area contributed by atoms with Crippen molar-refractivity contribution >= 4 is 22.8 Å². The lowest BCUT2D eigenvalue weighted by atomic mass is 10.0. The van der Waals surface area contributed by atoms with Gasteiger partial charge < -0.3 is 15.2 Å². The van der Waals surface area contributed by atoms with Gasteiger partial charge in [0.05, 0.1) is 11.0 Å². The first kappa shape index (κ1) is 16.7. The Bertz CT molecular complexity index is 854. The molecule has 0 spiro atoms. The van der Waals surface area contributed by atoms with Gasteiger partial charge in [-0.25, -0.2) is 0 Å². The van der Waals surface area contributed by atoms with E-state index in [1.807, 2.05) is 36.4 Å². The molecule has 3 aromatic rings. The van der Waals surface area contributed by atoms with Crippen molar-refractivity contribution in [2.45, 2.75) is 12.5 Å². The van der Waals surface area contributed by atoms with Gasteiger partial charge in [-0.3, -0.25) is 14.6 Å². The highest BCUT2D eigenvalue weighted by Gasteiger charge is 2.24. The maximum atomic E-state index is 12.6. The first-order valence-corrected chi connectivity index (χ1v) is 8.04. The van der Waals surface area contributed by atoms with E-state index in [2.05, 4.69) is 15.3 Å². The quantitative estimate of drug-likeness (QED) is 0.748. The number of rotatable bonds is 5. The molecule has 1 atom stereocenters. The summed E-state index contributed by atoms with van der Waals surface area (Å²) in [5, 5.41) is 2.83. The van der Waals surface area contributed by atoms with Crippen LogP contribution < -0.4 is 5.32 Å². The third kappa shape index (κ3) is 3.85. The second kappa shape index (κ2) is 7.17. The van der Waals surface area contributed by atoms with Crippen LogP contribution in [0.25, 0.3) is 11.0 Å². The fourth-order valence-corrected chi connectivity index (χ4v) is 2.68. The van der Waals surface area contributed by atoms with Crippen LogP contribution in [0.4, 0.5) is 0 Å². The third-order valence-corrected chi connectivity index (χ3v) is 3.96. The summed E-state index contributed by atoms with van der Waals surface area (Å²) in [6, 6.07) is 14.3. The van der Waals surface area contributed by atoms with Crippen molar-refractivity contribution in [3.05, 3.63) is 66.0 Å². The Hall–Kier alpha value is -3.15. The number of hydrogen-bond acceptors (Lipinski definition) is 3. The molecule has 3 rings (SSSR count). The molecule has 0 aliphatic carbocycles. The van der Waals surface area contributed by atoms with Crippen molar-refractivity contribution in [1.29, 1.82) is 0 Å². The number of nitrogens with zero attached hydrogens (tertiary/aromatic N) is 2. The average Bonchev–Trinajstić information content (AvgIpc) is 3.05. The van der Waals surface area contributed by atoms with Crippen LogP contribution in [0, 0.1) is 0 Å². The van der Waals surface area contributed by atoms with Crippen molar-refractivity contribution in [2.75, 3.05) is 14.1 Å². The smallest absolute Gasteiger partial charge is 0.268 e. The zero-order chi connectivity index (χ0) is 17.8. The molecule has 1 aromatic carbocycles. The van der Waals surface area contributed by atoms with Crippen molar-refractivity contribution < 1.29 is 9.59 Å². The molecular formula is C19H20N4O2. The summed E-state index contributed by atoms with van der Waals surface area (Å²) in [6.07, 6.45) is 2.10. The normalized spacial score (nSPS) is 11.9. The molecule has 0 fully saturated rings. The summed E-state index contributed by atoms with van der Waals surface area (Å²) in [7, 11) is 3.36. The SMILES string of the molecule is CN(C)C(=O)C(Cc1ccccc1)NC(=O)c1cc2ncccc2[nH]1. The standard InChI is InChI=1S/C19H20N4O2/c1-23(2)19(25)17(11-13-7-4-3-5-8-13)22-18(24)16-12-15-14(21-16)9-6-10-20-15/h3-10,12,17,21H,11H2,1-2H3,(H,22,24). The number of likely N-dealkylation sites (N-methyl/N-ethyl adjacent to an activating group) is 1. The number of H-pyrrole nitrogens is 1. The molecule has 0 saturated heterocycles. The van der Waals surface area contributed by atoms with Crippen LogP contribution >= 0.6 is 0 Å². The summed E-state index contributed by atoms with van der Waals surface area (Å²) in [6.45, 7) is 0. The molecule has 6 nitrogen and oxygen atoms in total. The van der Waals surface area contributed by atoms with Gasteiger partial charge in [0, 0.05) is 26.7 Å². The first-order chi connectivity index (χ1) is 12.0. The number of hydrogen-bond donors (Lipinski definition) is 2. The summed E-state index contributed by atoms with van der Waals surface area (Å²) in [5.74, 6) is -0.472. The molecule has 0 saturated carbocycles. The van der Waals surface area contributed by atoms with Gasteiger partial charge in [-0.1, -0.05) is 30.3 Å². The Labute approximate surface area is 145 Å². The van der Waals surface area contributed by atoms with E-state index in [1.165, 1.54) is 4.90 Å².